The van der Waals surface area contributed by atoms with Gasteiger partial charge in [0.05, 0.1) is 0 Å². The molecule has 0 aliphatic heterocycles. The van der Waals surface area contributed by atoms with Crippen LogP contribution >= 0.6 is 0 Å². The summed E-state index contributed by atoms with van der Waals surface area (Å²) in [6.45, 7) is 10.6. The lowest BCUT2D eigenvalue weighted by Crippen LogP contribution is -2.10. The van der Waals surface area contributed by atoms with Crippen LogP contribution in [0.25, 0.3) is 0 Å². The van der Waals surface area contributed by atoms with E-state index in [1.54, 1.807) is 0 Å². The molecular weight excluding hydrogens is 256 g/mol. The Hall–Kier alpha value is -1.96. The van der Waals surface area contributed by atoms with Crippen molar-refractivity contribution in [2.75, 3.05) is 23.7 Å². The molecule has 0 amide bonds. The molecule has 0 aromatic heterocycles. The van der Waals surface area contributed by atoms with Crippen LogP contribution in [-0.2, 0) is 0 Å². The van der Waals surface area contributed by atoms with Gasteiger partial charge in [0.2, 0.25) is 0 Å². The maximum atomic E-state index is 3.53. The number of hydrogen-bond acceptors (Lipinski definition) is 2. The summed E-state index contributed by atoms with van der Waals surface area (Å²) in [4.78, 5) is 0. The van der Waals surface area contributed by atoms with Gasteiger partial charge in [0, 0.05) is 24.5 Å². The molecule has 112 valence electrons. The standard InChI is InChI=1S/C19H26N2/c1-14-8-5-10-18(16(14)3)20-12-7-13-21-19-11-6-9-15(2)17(19)4/h5-6,8-11,20-21H,7,12-13H2,1-4H3. The number of anilines is 2. The van der Waals surface area contributed by atoms with Crippen molar-refractivity contribution < 1.29 is 0 Å². The molecule has 0 unspecified atom stereocenters. The summed E-state index contributed by atoms with van der Waals surface area (Å²) in [5, 5.41) is 7.05. The van der Waals surface area contributed by atoms with Gasteiger partial charge in [0.15, 0.2) is 0 Å². The van der Waals surface area contributed by atoms with E-state index >= 15 is 0 Å². The first-order chi connectivity index (χ1) is 10.1. The highest BCUT2D eigenvalue weighted by molar-refractivity contribution is 5.54. The van der Waals surface area contributed by atoms with E-state index in [0.717, 1.165) is 19.5 Å². The fourth-order valence-electron chi connectivity index (χ4n) is 2.42. The van der Waals surface area contributed by atoms with Gasteiger partial charge in [-0.2, -0.15) is 0 Å². The van der Waals surface area contributed by atoms with Gasteiger partial charge in [-0.1, -0.05) is 24.3 Å². The number of hydrogen-bond donors (Lipinski definition) is 2. The Bertz CT molecular complexity index is 549. The lowest BCUT2D eigenvalue weighted by Gasteiger charge is -2.13. The highest BCUT2D eigenvalue weighted by Crippen LogP contribution is 2.19. The summed E-state index contributed by atoms with van der Waals surface area (Å²) in [5.74, 6) is 0. The predicted molar refractivity (Wildman–Crippen MR) is 93.4 cm³/mol. The van der Waals surface area contributed by atoms with E-state index in [-0.39, 0.29) is 0 Å². The van der Waals surface area contributed by atoms with Gasteiger partial charge in [-0.25, -0.2) is 0 Å². The third kappa shape index (κ3) is 4.01. The van der Waals surface area contributed by atoms with E-state index in [9.17, 15) is 0 Å². The summed E-state index contributed by atoms with van der Waals surface area (Å²) in [5.41, 5.74) is 7.88. The molecule has 2 heteroatoms. The molecule has 2 nitrogen and oxygen atoms in total. The minimum absolute atomic E-state index is 0.988. The van der Waals surface area contributed by atoms with Gasteiger partial charge in [0.1, 0.15) is 0 Å². The molecule has 0 bridgehead atoms. The van der Waals surface area contributed by atoms with E-state index in [1.807, 2.05) is 0 Å². The first-order valence-corrected chi connectivity index (χ1v) is 7.70. The zero-order chi connectivity index (χ0) is 15.2. The van der Waals surface area contributed by atoms with E-state index < -0.39 is 0 Å². The summed E-state index contributed by atoms with van der Waals surface area (Å²) in [6.07, 6.45) is 1.10. The van der Waals surface area contributed by atoms with Crippen molar-refractivity contribution in [2.24, 2.45) is 0 Å². The Morgan fingerprint density at radius 2 is 1.10 bits per heavy atom. The quantitative estimate of drug-likeness (QED) is 0.741. The largest absolute Gasteiger partial charge is 0.385 e. The molecule has 0 fully saturated rings. The number of rotatable bonds is 6. The maximum absolute atomic E-state index is 3.53. The Morgan fingerprint density at radius 3 is 1.52 bits per heavy atom. The van der Waals surface area contributed by atoms with Crippen LogP contribution in [0.1, 0.15) is 28.7 Å². The topological polar surface area (TPSA) is 24.1 Å². The van der Waals surface area contributed by atoms with Gasteiger partial charge in [-0.15, -0.1) is 0 Å². The SMILES string of the molecule is Cc1cccc(NCCCNc2cccc(C)c2C)c1C. The second-order valence-electron chi connectivity index (χ2n) is 5.70. The zero-order valence-corrected chi connectivity index (χ0v) is 13.6. The van der Waals surface area contributed by atoms with Crippen molar-refractivity contribution in [3.63, 3.8) is 0 Å². The zero-order valence-electron chi connectivity index (χ0n) is 13.6. The molecule has 2 aromatic rings. The van der Waals surface area contributed by atoms with Crippen molar-refractivity contribution in [1.29, 1.82) is 0 Å². The minimum atomic E-state index is 0.988. The highest BCUT2D eigenvalue weighted by atomic mass is 14.9. The molecule has 0 saturated heterocycles. The van der Waals surface area contributed by atoms with Crippen LogP contribution in [0, 0.1) is 27.7 Å². The number of benzene rings is 2. The van der Waals surface area contributed by atoms with E-state index in [0.29, 0.717) is 0 Å². The molecule has 2 N–H and O–H groups in total. The van der Waals surface area contributed by atoms with Crippen molar-refractivity contribution in [3.8, 4) is 0 Å². The smallest absolute Gasteiger partial charge is 0.0372 e. The first kappa shape index (κ1) is 15.4. The normalized spacial score (nSPS) is 10.5. The number of aryl methyl sites for hydroxylation is 2. The Kier molecular flexibility index (Phi) is 5.26. The van der Waals surface area contributed by atoms with Gasteiger partial charge in [-0.3, -0.25) is 0 Å². The average molecular weight is 282 g/mol. The molecule has 0 aliphatic carbocycles. The van der Waals surface area contributed by atoms with Crippen LogP contribution in [0.4, 0.5) is 11.4 Å². The first-order valence-electron chi connectivity index (χ1n) is 7.70. The van der Waals surface area contributed by atoms with Crippen LogP contribution in [0.5, 0.6) is 0 Å². The summed E-state index contributed by atoms with van der Waals surface area (Å²) >= 11 is 0. The Balaban J connectivity index is 1.78. The average Bonchev–Trinajstić information content (AvgIpc) is 2.47. The molecule has 0 aliphatic rings. The fourth-order valence-corrected chi connectivity index (χ4v) is 2.42. The second-order valence-corrected chi connectivity index (χ2v) is 5.70. The third-order valence-corrected chi connectivity index (χ3v) is 4.19. The number of nitrogens with one attached hydrogen (secondary N) is 2. The van der Waals surface area contributed by atoms with Crippen LogP contribution in [-0.4, -0.2) is 13.1 Å². The predicted octanol–water partition coefficient (Wildman–Crippen LogP) is 4.83. The third-order valence-electron chi connectivity index (χ3n) is 4.19. The van der Waals surface area contributed by atoms with Crippen LogP contribution in [0.2, 0.25) is 0 Å². The van der Waals surface area contributed by atoms with Crippen molar-refractivity contribution in [1.82, 2.24) is 0 Å². The van der Waals surface area contributed by atoms with E-state index in [2.05, 4.69) is 74.7 Å². The molecule has 0 saturated carbocycles. The van der Waals surface area contributed by atoms with Crippen molar-refractivity contribution in [3.05, 3.63) is 58.7 Å². The van der Waals surface area contributed by atoms with E-state index in [4.69, 9.17) is 0 Å². The van der Waals surface area contributed by atoms with Gasteiger partial charge in [0.25, 0.3) is 0 Å². The molecule has 0 heterocycles. The molecule has 2 aromatic carbocycles. The molecule has 0 atom stereocenters. The molecular formula is C19H26N2. The van der Waals surface area contributed by atoms with Gasteiger partial charge < -0.3 is 10.6 Å². The van der Waals surface area contributed by atoms with Crippen LogP contribution in [0.3, 0.4) is 0 Å². The lowest BCUT2D eigenvalue weighted by molar-refractivity contribution is 0.906. The summed E-state index contributed by atoms with van der Waals surface area (Å²) in [6, 6.07) is 12.8. The van der Waals surface area contributed by atoms with Crippen molar-refractivity contribution in [2.45, 2.75) is 34.1 Å². The molecule has 2 rings (SSSR count). The van der Waals surface area contributed by atoms with Crippen molar-refractivity contribution >= 4 is 11.4 Å². The fraction of sp³-hybridized carbons (Fsp3) is 0.368. The van der Waals surface area contributed by atoms with Gasteiger partial charge >= 0.3 is 0 Å². The molecule has 0 radical (unpaired) electrons. The summed E-state index contributed by atoms with van der Waals surface area (Å²) in [7, 11) is 0. The molecule has 21 heavy (non-hydrogen) atoms. The summed E-state index contributed by atoms with van der Waals surface area (Å²) < 4.78 is 0. The highest BCUT2D eigenvalue weighted by Gasteiger charge is 2.01. The van der Waals surface area contributed by atoms with E-state index in [1.165, 1.54) is 33.6 Å². The monoisotopic (exact) mass is 282 g/mol. The lowest BCUT2D eigenvalue weighted by atomic mass is 10.1. The Labute approximate surface area is 128 Å². The van der Waals surface area contributed by atoms with Crippen LogP contribution in [0.15, 0.2) is 36.4 Å². The van der Waals surface area contributed by atoms with Crippen LogP contribution < -0.4 is 10.6 Å². The van der Waals surface area contributed by atoms with Gasteiger partial charge in [-0.05, 0) is 68.5 Å². The minimum Gasteiger partial charge on any atom is -0.385 e. The Morgan fingerprint density at radius 1 is 0.667 bits per heavy atom. The molecule has 0 spiro atoms. The second kappa shape index (κ2) is 7.16. The maximum Gasteiger partial charge on any atom is 0.0372 e.